The molecule has 0 bridgehead atoms. The quantitative estimate of drug-likeness (QED) is 0.671. The van der Waals surface area contributed by atoms with E-state index in [2.05, 4.69) is 24.1 Å². The number of nitrogens with one attached hydrogen (secondary N) is 1. The van der Waals surface area contributed by atoms with Crippen molar-refractivity contribution in [1.29, 1.82) is 0 Å². The Morgan fingerprint density at radius 2 is 1.92 bits per heavy atom. The number of hydrogen-bond donors (Lipinski definition) is 1. The molecule has 7 heteroatoms. The Hall–Kier alpha value is -1.73. The molecule has 0 unspecified atom stereocenters. The van der Waals surface area contributed by atoms with Crippen LogP contribution in [0.15, 0.2) is 27.9 Å². The molecule has 25 heavy (non-hydrogen) atoms. The van der Waals surface area contributed by atoms with Gasteiger partial charge in [-0.25, -0.2) is 4.98 Å². The van der Waals surface area contributed by atoms with Gasteiger partial charge in [0, 0.05) is 23.7 Å². The van der Waals surface area contributed by atoms with Crippen molar-refractivity contribution >= 4 is 29.0 Å². The molecular weight excluding hydrogens is 356 g/mol. The number of thiazole rings is 1. The summed E-state index contributed by atoms with van der Waals surface area (Å²) < 4.78 is 11.5. The van der Waals surface area contributed by atoms with Crippen LogP contribution in [0.25, 0.3) is 0 Å². The molecule has 0 saturated carbocycles. The van der Waals surface area contributed by atoms with E-state index in [1.165, 1.54) is 0 Å². The fraction of sp³-hybridized carbons (Fsp3) is 0.444. The first-order valence-corrected chi connectivity index (χ1v) is 9.92. The van der Waals surface area contributed by atoms with Gasteiger partial charge in [-0.05, 0) is 23.6 Å². The summed E-state index contributed by atoms with van der Waals surface area (Å²) in [6.07, 6.45) is 0.330. The number of benzene rings is 1. The van der Waals surface area contributed by atoms with Gasteiger partial charge in [0.2, 0.25) is 5.91 Å². The Kier molecular flexibility index (Phi) is 7.58. The average Bonchev–Trinajstić information content (AvgIpc) is 3.05. The van der Waals surface area contributed by atoms with Crippen molar-refractivity contribution in [1.82, 2.24) is 10.3 Å². The van der Waals surface area contributed by atoms with Crippen molar-refractivity contribution in [2.45, 2.75) is 30.4 Å². The Morgan fingerprint density at radius 1 is 1.24 bits per heavy atom. The van der Waals surface area contributed by atoms with Gasteiger partial charge in [0.05, 0.1) is 26.3 Å². The van der Waals surface area contributed by atoms with Crippen LogP contribution in [0.4, 0.5) is 0 Å². The maximum Gasteiger partial charge on any atom is 0.226 e. The summed E-state index contributed by atoms with van der Waals surface area (Å²) in [5, 5.41) is 4.86. The summed E-state index contributed by atoms with van der Waals surface area (Å²) in [6.45, 7) is 4.85. The molecule has 0 fully saturated rings. The lowest BCUT2D eigenvalue weighted by Crippen LogP contribution is -2.28. The molecule has 0 aliphatic rings. The smallest absolute Gasteiger partial charge is 0.226 e. The Morgan fingerprint density at radius 3 is 2.52 bits per heavy atom. The number of hydrogen-bond acceptors (Lipinski definition) is 6. The van der Waals surface area contributed by atoms with E-state index in [-0.39, 0.29) is 5.91 Å². The minimum atomic E-state index is 0.0214. The van der Waals surface area contributed by atoms with Crippen LogP contribution in [0.2, 0.25) is 0 Å². The predicted octanol–water partition coefficient (Wildman–Crippen LogP) is 3.77. The molecule has 1 aromatic carbocycles. The zero-order valence-corrected chi connectivity index (χ0v) is 16.6. The van der Waals surface area contributed by atoms with E-state index < -0.39 is 0 Å². The molecule has 1 aromatic heterocycles. The second-order valence-electron chi connectivity index (χ2n) is 5.99. The third-order valence-electron chi connectivity index (χ3n) is 3.35. The van der Waals surface area contributed by atoms with Gasteiger partial charge >= 0.3 is 0 Å². The number of nitrogens with zero attached hydrogens (tertiary/aromatic N) is 1. The van der Waals surface area contributed by atoms with Gasteiger partial charge in [0.25, 0.3) is 0 Å². The van der Waals surface area contributed by atoms with E-state index in [0.717, 1.165) is 32.8 Å². The molecule has 136 valence electrons. The van der Waals surface area contributed by atoms with Gasteiger partial charge < -0.3 is 14.8 Å². The van der Waals surface area contributed by atoms with Crippen molar-refractivity contribution in [3.8, 4) is 11.5 Å². The summed E-state index contributed by atoms with van der Waals surface area (Å²) in [6, 6.07) is 5.83. The maximum atomic E-state index is 11.9. The third-order valence-corrected chi connectivity index (χ3v) is 5.49. The first-order chi connectivity index (χ1) is 12.0. The molecule has 0 saturated heterocycles. The lowest BCUT2D eigenvalue weighted by molar-refractivity contribution is -0.120. The number of carbonyl (C=O) groups is 1. The van der Waals surface area contributed by atoms with Crippen LogP contribution in [0.5, 0.6) is 11.5 Å². The van der Waals surface area contributed by atoms with Crippen LogP contribution in [0.3, 0.4) is 0 Å². The molecule has 2 aromatic rings. The summed E-state index contributed by atoms with van der Waals surface area (Å²) in [5.74, 6) is 2.78. The van der Waals surface area contributed by atoms with Gasteiger partial charge in [-0.3, -0.25) is 4.79 Å². The minimum absolute atomic E-state index is 0.0214. The second kappa shape index (κ2) is 9.68. The molecule has 0 radical (unpaired) electrons. The highest BCUT2D eigenvalue weighted by Crippen LogP contribution is 2.30. The zero-order valence-electron chi connectivity index (χ0n) is 15.0. The zero-order chi connectivity index (χ0) is 18.2. The topological polar surface area (TPSA) is 60.5 Å². The van der Waals surface area contributed by atoms with Gasteiger partial charge in [-0.15, -0.1) is 11.3 Å². The van der Waals surface area contributed by atoms with E-state index in [4.69, 9.17) is 9.47 Å². The molecule has 0 atom stereocenters. The number of aromatic nitrogens is 1. The molecule has 0 spiro atoms. The Labute approximate surface area is 157 Å². The molecule has 2 rings (SSSR count). The van der Waals surface area contributed by atoms with Crippen LogP contribution < -0.4 is 14.8 Å². The molecule has 0 aliphatic carbocycles. The Balaban J connectivity index is 1.90. The first kappa shape index (κ1) is 19.6. The largest absolute Gasteiger partial charge is 0.497 e. The predicted molar refractivity (Wildman–Crippen MR) is 103 cm³/mol. The number of rotatable bonds is 9. The van der Waals surface area contributed by atoms with E-state index in [9.17, 15) is 4.79 Å². The van der Waals surface area contributed by atoms with Crippen molar-refractivity contribution in [2.75, 3.05) is 20.8 Å². The van der Waals surface area contributed by atoms with Crippen LogP contribution in [0.1, 0.15) is 25.1 Å². The lowest BCUT2D eigenvalue weighted by Gasteiger charge is -2.07. The molecular formula is C18H24N2O3S2. The highest BCUT2D eigenvalue weighted by molar-refractivity contribution is 8.00. The number of amides is 1. The molecule has 1 amide bonds. The fourth-order valence-electron chi connectivity index (χ4n) is 2.08. The lowest BCUT2D eigenvalue weighted by atomic mass is 10.2. The molecule has 0 aliphatic heterocycles. The Bertz CT molecular complexity index is 679. The summed E-state index contributed by atoms with van der Waals surface area (Å²) in [5.41, 5.74) is 1.92. The van der Waals surface area contributed by atoms with Gasteiger partial charge in [0.15, 0.2) is 0 Å². The number of methoxy groups -OCH3 is 2. The number of thioether (sulfide) groups is 1. The fourth-order valence-corrected chi connectivity index (χ4v) is 3.85. The van der Waals surface area contributed by atoms with Gasteiger partial charge in [0.1, 0.15) is 15.8 Å². The van der Waals surface area contributed by atoms with Crippen molar-refractivity contribution in [2.24, 2.45) is 5.92 Å². The molecule has 1 N–H and O–H groups in total. The third kappa shape index (κ3) is 6.59. The molecule has 1 heterocycles. The van der Waals surface area contributed by atoms with E-state index >= 15 is 0 Å². The summed E-state index contributed by atoms with van der Waals surface area (Å²) in [4.78, 5) is 16.4. The average molecular weight is 381 g/mol. The highest BCUT2D eigenvalue weighted by atomic mass is 32.2. The minimum Gasteiger partial charge on any atom is -0.497 e. The number of ether oxygens (including phenoxy) is 2. The normalized spacial score (nSPS) is 10.8. The van der Waals surface area contributed by atoms with Crippen LogP contribution >= 0.6 is 23.1 Å². The number of carbonyl (C=O) groups excluding carboxylic acids is 1. The first-order valence-electron chi connectivity index (χ1n) is 8.06. The van der Waals surface area contributed by atoms with E-state index in [1.54, 1.807) is 37.3 Å². The summed E-state index contributed by atoms with van der Waals surface area (Å²) in [7, 11) is 3.28. The van der Waals surface area contributed by atoms with E-state index in [0.29, 0.717) is 18.9 Å². The standard InChI is InChI=1S/C18H24N2O3S2/c1-12(2)9-19-17(21)7-14-11-25-18(20-14)24-10-13-5-15(22-3)8-16(6-13)23-4/h5-6,8,11-12H,7,9-10H2,1-4H3,(H,19,21). The van der Waals surface area contributed by atoms with E-state index in [1.807, 2.05) is 23.6 Å². The van der Waals surface area contributed by atoms with Crippen molar-refractivity contribution in [3.05, 3.63) is 34.8 Å². The van der Waals surface area contributed by atoms with Crippen LogP contribution in [-0.4, -0.2) is 31.7 Å². The monoisotopic (exact) mass is 380 g/mol. The van der Waals surface area contributed by atoms with Gasteiger partial charge in [-0.2, -0.15) is 0 Å². The SMILES string of the molecule is COc1cc(CSc2nc(CC(=O)NCC(C)C)cs2)cc(OC)c1. The van der Waals surface area contributed by atoms with Crippen LogP contribution in [0, 0.1) is 5.92 Å². The maximum absolute atomic E-state index is 11.9. The molecule has 5 nitrogen and oxygen atoms in total. The van der Waals surface area contributed by atoms with Crippen LogP contribution in [-0.2, 0) is 17.0 Å². The summed E-state index contributed by atoms with van der Waals surface area (Å²) >= 11 is 3.21. The highest BCUT2D eigenvalue weighted by Gasteiger charge is 2.09. The van der Waals surface area contributed by atoms with Crippen molar-refractivity contribution < 1.29 is 14.3 Å². The second-order valence-corrected chi connectivity index (χ2v) is 8.07. The van der Waals surface area contributed by atoms with Gasteiger partial charge in [-0.1, -0.05) is 25.6 Å². The van der Waals surface area contributed by atoms with Crippen molar-refractivity contribution in [3.63, 3.8) is 0 Å².